The normalized spacial score (nSPS) is 12.6. The third-order valence-corrected chi connectivity index (χ3v) is 2.94. The van der Waals surface area contributed by atoms with Crippen molar-refractivity contribution in [2.24, 2.45) is 7.05 Å². The average Bonchev–Trinajstić information content (AvgIpc) is 2.72. The van der Waals surface area contributed by atoms with Crippen LogP contribution in [0.4, 0.5) is 0 Å². The largest absolute Gasteiger partial charge is 0.305 e. The molecule has 0 aliphatic rings. The molecule has 1 heterocycles. The van der Waals surface area contributed by atoms with Gasteiger partial charge in [0.1, 0.15) is 0 Å². The summed E-state index contributed by atoms with van der Waals surface area (Å²) in [5, 5.41) is 7.75. The van der Waals surface area contributed by atoms with Crippen molar-refractivity contribution in [2.75, 3.05) is 6.54 Å². The molecule has 2 rings (SSSR count). The predicted molar refractivity (Wildman–Crippen MR) is 69.9 cm³/mol. The van der Waals surface area contributed by atoms with Crippen LogP contribution in [0.5, 0.6) is 0 Å². The van der Waals surface area contributed by atoms with Crippen LogP contribution in [0.15, 0.2) is 36.5 Å². The highest BCUT2D eigenvalue weighted by Crippen LogP contribution is 2.21. The third kappa shape index (κ3) is 2.56. The maximum absolute atomic E-state index is 4.24. The molecule has 0 amide bonds. The predicted octanol–water partition coefficient (Wildman–Crippen LogP) is 2.43. The van der Waals surface area contributed by atoms with E-state index < -0.39 is 0 Å². The molecule has 3 nitrogen and oxygen atoms in total. The van der Waals surface area contributed by atoms with Gasteiger partial charge in [0, 0.05) is 13.2 Å². The standard InChI is InChI=1S/C14H19N3/c1-4-15-14(13-8-9-16-17(13)3)12-7-5-6-11(2)10-12/h5-10,14-15H,4H2,1-3H3. The monoisotopic (exact) mass is 229 g/mol. The Kier molecular flexibility index (Phi) is 3.59. The van der Waals surface area contributed by atoms with Crippen molar-refractivity contribution in [3.63, 3.8) is 0 Å². The minimum atomic E-state index is 0.215. The second kappa shape index (κ2) is 5.15. The number of hydrogen-bond acceptors (Lipinski definition) is 2. The van der Waals surface area contributed by atoms with Crippen molar-refractivity contribution in [3.8, 4) is 0 Å². The quantitative estimate of drug-likeness (QED) is 0.872. The highest BCUT2D eigenvalue weighted by molar-refractivity contribution is 5.30. The molecule has 0 radical (unpaired) electrons. The lowest BCUT2D eigenvalue weighted by Crippen LogP contribution is -2.24. The van der Waals surface area contributed by atoms with Gasteiger partial charge in [-0.05, 0) is 25.1 Å². The molecule has 1 unspecified atom stereocenters. The summed E-state index contributed by atoms with van der Waals surface area (Å²) in [7, 11) is 1.98. The number of nitrogens with one attached hydrogen (secondary N) is 1. The number of benzene rings is 1. The van der Waals surface area contributed by atoms with Gasteiger partial charge in [-0.3, -0.25) is 4.68 Å². The molecule has 1 aromatic heterocycles. The lowest BCUT2D eigenvalue weighted by Gasteiger charge is -2.19. The van der Waals surface area contributed by atoms with Gasteiger partial charge in [0.15, 0.2) is 0 Å². The van der Waals surface area contributed by atoms with Gasteiger partial charge in [-0.15, -0.1) is 0 Å². The first kappa shape index (κ1) is 11.9. The lowest BCUT2D eigenvalue weighted by molar-refractivity contribution is 0.572. The number of aryl methyl sites for hydroxylation is 2. The highest BCUT2D eigenvalue weighted by atomic mass is 15.3. The second-order valence-electron chi connectivity index (χ2n) is 4.28. The topological polar surface area (TPSA) is 29.9 Å². The number of nitrogens with zero attached hydrogens (tertiary/aromatic N) is 2. The minimum Gasteiger partial charge on any atom is -0.305 e. The fraction of sp³-hybridized carbons (Fsp3) is 0.357. The molecule has 0 saturated heterocycles. The van der Waals surface area contributed by atoms with E-state index in [2.05, 4.69) is 54.6 Å². The summed E-state index contributed by atoms with van der Waals surface area (Å²) in [6.07, 6.45) is 1.84. The van der Waals surface area contributed by atoms with Crippen molar-refractivity contribution in [3.05, 3.63) is 53.3 Å². The van der Waals surface area contributed by atoms with Crippen LogP contribution in [0, 0.1) is 6.92 Å². The van der Waals surface area contributed by atoms with Crippen LogP contribution in [0.3, 0.4) is 0 Å². The van der Waals surface area contributed by atoms with Crippen molar-refractivity contribution in [1.29, 1.82) is 0 Å². The Morgan fingerprint density at radius 2 is 2.18 bits per heavy atom. The van der Waals surface area contributed by atoms with Crippen LogP contribution in [0.2, 0.25) is 0 Å². The fourth-order valence-corrected chi connectivity index (χ4v) is 2.11. The van der Waals surface area contributed by atoms with Crippen LogP contribution < -0.4 is 5.32 Å². The molecule has 0 bridgehead atoms. The summed E-state index contributed by atoms with van der Waals surface area (Å²) >= 11 is 0. The van der Waals surface area contributed by atoms with E-state index in [0.717, 1.165) is 6.54 Å². The Morgan fingerprint density at radius 3 is 2.76 bits per heavy atom. The zero-order valence-electron chi connectivity index (χ0n) is 10.6. The lowest BCUT2D eigenvalue weighted by atomic mass is 10.0. The molecule has 17 heavy (non-hydrogen) atoms. The molecule has 0 aliphatic heterocycles. The summed E-state index contributed by atoms with van der Waals surface area (Å²) in [5.74, 6) is 0. The molecule has 2 aromatic rings. The Bertz CT molecular complexity index is 488. The first-order chi connectivity index (χ1) is 8.22. The van der Waals surface area contributed by atoms with E-state index in [9.17, 15) is 0 Å². The van der Waals surface area contributed by atoms with E-state index in [0.29, 0.717) is 0 Å². The highest BCUT2D eigenvalue weighted by Gasteiger charge is 2.15. The first-order valence-corrected chi connectivity index (χ1v) is 6.00. The first-order valence-electron chi connectivity index (χ1n) is 6.00. The Balaban J connectivity index is 2.39. The summed E-state index contributed by atoms with van der Waals surface area (Å²) in [4.78, 5) is 0. The number of aromatic nitrogens is 2. The maximum atomic E-state index is 4.24. The smallest absolute Gasteiger partial charge is 0.0748 e. The summed E-state index contributed by atoms with van der Waals surface area (Å²) in [5.41, 5.74) is 3.76. The van der Waals surface area contributed by atoms with Crippen molar-refractivity contribution in [2.45, 2.75) is 19.9 Å². The van der Waals surface area contributed by atoms with Gasteiger partial charge in [0.2, 0.25) is 0 Å². The Labute approximate surface area is 102 Å². The molecular formula is C14H19N3. The van der Waals surface area contributed by atoms with Gasteiger partial charge in [0.05, 0.1) is 11.7 Å². The van der Waals surface area contributed by atoms with Crippen LogP contribution in [0.25, 0.3) is 0 Å². The zero-order chi connectivity index (χ0) is 12.3. The number of hydrogen-bond donors (Lipinski definition) is 1. The molecule has 1 N–H and O–H groups in total. The van der Waals surface area contributed by atoms with Crippen molar-refractivity contribution < 1.29 is 0 Å². The van der Waals surface area contributed by atoms with Crippen molar-refractivity contribution >= 4 is 0 Å². The Morgan fingerprint density at radius 1 is 1.35 bits per heavy atom. The van der Waals surface area contributed by atoms with Crippen LogP contribution >= 0.6 is 0 Å². The van der Waals surface area contributed by atoms with Gasteiger partial charge in [-0.25, -0.2) is 0 Å². The van der Waals surface area contributed by atoms with Gasteiger partial charge in [-0.2, -0.15) is 5.10 Å². The van der Waals surface area contributed by atoms with E-state index in [1.165, 1.54) is 16.8 Å². The van der Waals surface area contributed by atoms with Crippen molar-refractivity contribution in [1.82, 2.24) is 15.1 Å². The summed E-state index contributed by atoms with van der Waals surface area (Å²) < 4.78 is 1.93. The molecule has 0 saturated carbocycles. The van der Waals surface area contributed by atoms with Gasteiger partial charge in [-0.1, -0.05) is 36.8 Å². The van der Waals surface area contributed by atoms with E-state index >= 15 is 0 Å². The van der Waals surface area contributed by atoms with Gasteiger partial charge < -0.3 is 5.32 Å². The Hall–Kier alpha value is -1.61. The van der Waals surface area contributed by atoms with Crippen LogP contribution in [0.1, 0.15) is 29.8 Å². The molecule has 3 heteroatoms. The fourth-order valence-electron chi connectivity index (χ4n) is 2.11. The molecule has 1 aromatic carbocycles. The SMILES string of the molecule is CCNC(c1cccc(C)c1)c1ccnn1C. The van der Waals surface area contributed by atoms with Gasteiger partial charge >= 0.3 is 0 Å². The molecule has 0 fully saturated rings. The minimum absolute atomic E-state index is 0.215. The van der Waals surface area contributed by atoms with Crippen LogP contribution in [-0.4, -0.2) is 16.3 Å². The molecule has 1 atom stereocenters. The van der Waals surface area contributed by atoms with Gasteiger partial charge in [0.25, 0.3) is 0 Å². The number of rotatable bonds is 4. The summed E-state index contributed by atoms with van der Waals surface area (Å²) in [6.45, 7) is 5.18. The molecule has 0 spiro atoms. The second-order valence-corrected chi connectivity index (χ2v) is 4.28. The molecule has 0 aliphatic carbocycles. The molecule has 90 valence electrons. The zero-order valence-corrected chi connectivity index (χ0v) is 10.6. The van der Waals surface area contributed by atoms with Crippen LogP contribution in [-0.2, 0) is 7.05 Å². The van der Waals surface area contributed by atoms with E-state index in [1.807, 2.05) is 17.9 Å². The maximum Gasteiger partial charge on any atom is 0.0748 e. The van der Waals surface area contributed by atoms with E-state index in [1.54, 1.807) is 0 Å². The summed E-state index contributed by atoms with van der Waals surface area (Å²) in [6, 6.07) is 10.9. The van der Waals surface area contributed by atoms with E-state index in [4.69, 9.17) is 0 Å². The average molecular weight is 229 g/mol. The third-order valence-electron chi connectivity index (χ3n) is 2.94. The molecular weight excluding hydrogens is 210 g/mol. The van der Waals surface area contributed by atoms with E-state index in [-0.39, 0.29) is 6.04 Å².